The van der Waals surface area contributed by atoms with Crippen LogP contribution in [0.1, 0.15) is 24.2 Å². The van der Waals surface area contributed by atoms with Crippen LogP contribution in [-0.2, 0) is 24.4 Å². The van der Waals surface area contributed by atoms with Crippen LogP contribution in [0.5, 0.6) is 0 Å². The average molecular weight is 436 g/mol. The van der Waals surface area contributed by atoms with Gasteiger partial charge in [-0.3, -0.25) is 24.5 Å². The zero-order valence-corrected chi connectivity index (χ0v) is 17.0. The van der Waals surface area contributed by atoms with Crippen molar-refractivity contribution in [1.29, 1.82) is 0 Å². The van der Waals surface area contributed by atoms with Gasteiger partial charge in [-0.1, -0.05) is 6.07 Å². The van der Waals surface area contributed by atoms with Crippen molar-refractivity contribution in [3.8, 4) is 0 Å². The van der Waals surface area contributed by atoms with E-state index in [0.29, 0.717) is 30.8 Å². The number of non-ortho nitro benzene ring substituents is 1. The lowest BCUT2D eigenvalue weighted by molar-refractivity contribution is -0.384. The molecule has 0 aliphatic heterocycles. The van der Waals surface area contributed by atoms with Crippen LogP contribution >= 0.6 is 0 Å². The van der Waals surface area contributed by atoms with Crippen LogP contribution in [0.2, 0.25) is 0 Å². The molecule has 0 radical (unpaired) electrons. The number of benzene rings is 1. The number of oxazole rings is 1. The maximum absolute atomic E-state index is 12.9. The first-order valence-corrected chi connectivity index (χ1v) is 9.98. The summed E-state index contributed by atoms with van der Waals surface area (Å²) in [5.74, 6) is -0.0432. The fraction of sp³-hybridized carbons (Fsp3) is 0.227. The van der Waals surface area contributed by atoms with Crippen molar-refractivity contribution in [2.45, 2.75) is 32.5 Å². The topological polar surface area (TPSA) is 125 Å². The first-order chi connectivity index (χ1) is 15.5. The number of carbonyl (C=O) groups excluding carboxylic acids is 1. The van der Waals surface area contributed by atoms with Crippen molar-refractivity contribution >= 4 is 22.7 Å². The van der Waals surface area contributed by atoms with Gasteiger partial charge in [0.25, 0.3) is 5.69 Å². The Bertz CT molecular complexity index is 1280. The molecule has 10 heteroatoms. The van der Waals surface area contributed by atoms with Gasteiger partial charge in [-0.15, -0.1) is 0 Å². The molecule has 32 heavy (non-hydrogen) atoms. The molecular weight excluding hydrogens is 416 g/mol. The van der Waals surface area contributed by atoms with E-state index in [1.165, 1.54) is 22.8 Å². The predicted octanol–water partition coefficient (Wildman–Crippen LogP) is 3.50. The van der Waals surface area contributed by atoms with E-state index in [9.17, 15) is 19.7 Å². The molecule has 0 saturated carbocycles. The van der Waals surface area contributed by atoms with Crippen molar-refractivity contribution in [2.75, 3.05) is 0 Å². The number of rotatable bonds is 9. The summed E-state index contributed by atoms with van der Waals surface area (Å²) in [4.78, 5) is 41.3. The van der Waals surface area contributed by atoms with E-state index in [4.69, 9.17) is 8.83 Å². The molecule has 0 fully saturated rings. The second kappa shape index (κ2) is 9.29. The molecule has 10 nitrogen and oxygen atoms in total. The van der Waals surface area contributed by atoms with E-state index in [0.717, 1.165) is 5.56 Å². The number of pyridine rings is 1. The average Bonchev–Trinajstić information content (AvgIpc) is 3.41. The maximum Gasteiger partial charge on any atom is 0.419 e. The van der Waals surface area contributed by atoms with Gasteiger partial charge in [0.1, 0.15) is 5.76 Å². The Balaban J connectivity index is 1.44. The molecule has 0 atom stereocenters. The zero-order chi connectivity index (χ0) is 22.5. The second-order valence-corrected chi connectivity index (χ2v) is 7.22. The SMILES string of the molecule is O=C(CCCn1c(=O)oc2cc([N+](=O)[O-])ccc21)N(Cc1cccnc1)Cc1ccco1. The van der Waals surface area contributed by atoms with Crippen LogP contribution in [0.4, 0.5) is 5.69 Å². The summed E-state index contributed by atoms with van der Waals surface area (Å²) in [6.45, 7) is 0.946. The molecule has 0 N–H and O–H groups in total. The lowest BCUT2D eigenvalue weighted by Gasteiger charge is -2.22. The summed E-state index contributed by atoms with van der Waals surface area (Å²) in [5, 5.41) is 10.9. The number of furan rings is 1. The van der Waals surface area contributed by atoms with Gasteiger partial charge < -0.3 is 13.7 Å². The summed E-state index contributed by atoms with van der Waals surface area (Å²) < 4.78 is 11.9. The molecule has 0 unspecified atom stereocenters. The van der Waals surface area contributed by atoms with Gasteiger partial charge in [0.2, 0.25) is 5.91 Å². The number of aromatic nitrogens is 2. The number of hydrogen-bond donors (Lipinski definition) is 0. The van der Waals surface area contributed by atoms with Crippen molar-refractivity contribution in [1.82, 2.24) is 14.5 Å². The largest absolute Gasteiger partial charge is 0.467 e. The highest BCUT2D eigenvalue weighted by Crippen LogP contribution is 2.20. The fourth-order valence-electron chi connectivity index (χ4n) is 3.46. The Kier molecular flexibility index (Phi) is 6.11. The van der Waals surface area contributed by atoms with Crippen molar-refractivity contribution in [2.24, 2.45) is 0 Å². The molecule has 3 heterocycles. The Morgan fingerprint density at radius 3 is 2.78 bits per heavy atom. The van der Waals surface area contributed by atoms with Gasteiger partial charge >= 0.3 is 5.76 Å². The standard InChI is InChI=1S/C22H20N4O6/c27-21(24(15-18-5-3-11-31-18)14-16-4-1-9-23-13-16)6-2-10-25-19-8-7-17(26(29)30)12-20(19)32-22(25)28/h1,3-5,7-9,11-13H,2,6,10,14-15H2. The number of nitro benzene ring substituents is 1. The molecule has 0 spiro atoms. The molecule has 3 aromatic heterocycles. The van der Waals surface area contributed by atoms with Crippen LogP contribution < -0.4 is 5.76 Å². The highest BCUT2D eigenvalue weighted by Gasteiger charge is 2.18. The molecule has 0 bridgehead atoms. The van der Waals surface area contributed by atoms with Gasteiger partial charge in [0.15, 0.2) is 5.58 Å². The van der Waals surface area contributed by atoms with Crippen molar-refractivity contribution < 1.29 is 18.6 Å². The van der Waals surface area contributed by atoms with Crippen LogP contribution in [-0.4, -0.2) is 25.3 Å². The van der Waals surface area contributed by atoms with Gasteiger partial charge in [-0.25, -0.2) is 4.79 Å². The van der Waals surface area contributed by atoms with E-state index >= 15 is 0 Å². The van der Waals surface area contributed by atoms with Crippen molar-refractivity contribution in [3.63, 3.8) is 0 Å². The van der Waals surface area contributed by atoms with E-state index in [1.54, 1.807) is 35.7 Å². The molecule has 1 aromatic carbocycles. The monoisotopic (exact) mass is 436 g/mol. The number of aryl methyl sites for hydroxylation is 1. The maximum atomic E-state index is 12.9. The number of hydrogen-bond acceptors (Lipinski definition) is 7. The van der Waals surface area contributed by atoms with E-state index < -0.39 is 10.7 Å². The number of amides is 1. The van der Waals surface area contributed by atoms with Crippen LogP contribution in [0.25, 0.3) is 11.1 Å². The quantitative estimate of drug-likeness (QED) is 0.290. The van der Waals surface area contributed by atoms with Gasteiger partial charge in [-0.05, 0) is 36.2 Å². The van der Waals surface area contributed by atoms with Gasteiger partial charge in [0, 0.05) is 38.0 Å². The number of nitrogens with zero attached hydrogens (tertiary/aromatic N) is 4. The van der Waals surface area contributed by atoms with Gasteiger partial charge in [0.05, 0.1) is 29.3 Å². The first-order valence-electron chi connectivity index (χ1n) is 9.98. The molecule has 164 valence electrons. The summed E-state index contributed by atoms with van der Waals surface area (Å²) in [6, 6.07) is 11.3. The minimum atomic E-state index is -0.615. The van der Waals surface area contributed by atoms with Crippen LogP contribution in [0.15, 0.2) is 74.8 Å². The third-order valence-electron chi connectivity index (χ3n) is 5.01. The summed E-state index contributed by atoms with van der Waals surface area (Å²) >= 11 is 0. The summed E-state index contributed by atoms with van der Waals surface area (Å²) in [6.07, 6.45) is 5.53. The minimum Gasteiger partial charge on any atom is -0.467 e. The van der Waals surface area contributed by atoms with Crippen LogP contribution in [0.3, 0.4) is 0 Å². The number of nitro groups is 1. The Hall–Kier alpha value is -4.21. The molecule has 0 saturated heterocycles. The Labute approximate surface area is 181 Å². The lowest BCUT2D eigenvalue weighted by Crippen LogP contribution is -2.30. The third-order valence-corrected chi connectivity index (χ3v) is 5.01. The minimum absolute atomic E-state index is 0.0956. The molecule has 4 aromatic rings. The van der Waals surface area contributed by atoms with E-state index in [2.05, 4.69) is 4.98 Å². The number of carbonyl (C=O) groups is 1. The first kappa shape index (κ1) is 21.0. The van der Waals surface area contributed by atoms with Gasteiger partial charge in [-0.2, -0.15) is 0 Å². The molecule has 0 aliphatic carbocycles. The zero-order valence-electron chi connectivity index (χ0n) is 17.0. The number of fused-ring (bicyclic) bond motifs is 1. The highest BCUT2D eigenvalue weighted by molar-refractivity contribution is 5.77. The summed E-state index contributed by atoms with van der Waals surface area (Å²) in [5.41, 5.74) is 1.34. The van der Waals surface area contributed by atoms with E-state index in [1.807, 2.05) is 12.1 Å². The molecule has 1 amide bonds. The molecule has 4 rings (SSSR count). The molecular formula is C22H20N4O6. The van der Waals surface area contributed by atoms with Crippen molar-refractivity contribution in [3.05, 3.63) is 93.1 Å². The summed E-state index contributed by atoms with van der Waals surface area (Å²) in [7, 11) is 0. The normalized spacial score (nSPS) is 11.0. The smallest absolute Gasteiger partial charge is 0.419 e. The lowest BCUT2D eigenvalue weighted by atomic mass is 10.2. The third kappa shape index (κ3) is 4.75. The Morgan fingerprint density at radius 1 is 1.19 bits per heavy atom. The fourth-order valence-corrected chi connectivity index (χ4v) is 3.46. The predicted molar refractivity (Wildman–Crippen MR) is 114 cm³/mol. The molecule has 0 aliphatic rings. The second-order valence-electron chi connectivity index (χ2n) is 7.22. The Morgan fingerprint density at radius 2 is 2.06 bits per heavy atom. The van der Waals surface area contributed by atoms with E-state index in [-0.39, 0.29) is 30.1 Å². The van der Waals surface area contributed by atoms with Crippen LogP contribution in [0, 0.1) is 10.1 Å². The highest BCUT2D eigenvalue weighted by atomic mass is 16.6.